The SMILES string of the molecule is COc1ccc(OC)c(S(=O)(=O)N2CCC(C(=O)c3ccccc3)CC2)c1. The van der Waals surface area contributed by atoms with Crippen molar-refractivity contribution in [2.24, 2.45) is 5.92 Å². The van der Waals surface area contributed by atoms with Crippen LogP contribution in [0.25, 0.3) is 0 Å². The molecule has 0 unspecified atom stereocenters. The Balaban J connectivity index is 1.76. The van der Waals surface area contributed by atoms with Crippen LogP contribution in [0.3, 0.4) is 0 Å². The van der Waals surface area contributed by atoms with Crippen LogP contribution in [-0.4, -0.2) is 45.8 Å². The Kier molecular flexibility index (Phi) is 5.82. The van der Waals surface area contributed by atoms with Gasteiger partial charge in [-0.15, -0.1) is 0 Å². The van der Waals surface area contributed by atoms with Crippen LogP contribution < -0.4 is 9.47 Å². The Labute approximate surface area is 159 Å². The normalized spacial score (nSPS) is 16.1. The summed E-state index contributed by atoms with van der Waals surface area (Å²) in [6, 6.07) is 13.8. The minimum Gasteiger partial charge on any atom is -0.497 e. The van der Waals surface area contributed by atoms with Crippen molar-refractivity contribution in [3.05, 3.63) is 54.1 Å². The monoisotopic (exact) mass is 389 g/mol. The third kappa shape index (κ3) is 3.99. The zero-order valence-electron chi connectivity index (χ0n) is 15.4. The number of piperidine rings is 1. The number of ketones is 1. The zero-order chi connectivity index (χ0) is 19.4. The molecule has 7 heteroatoms. The van der Waals surface area contributed by atoms with Gasteiger partial charge in [0.15, 0.2) is 5.78 Å². The van der Waals surface area contributed by atoms with Crippen LogP contribution in [0.4, 0.5) is 0 Å². The number of sulfonamides is 1. The summed E-state index contributed by atoms with van der Waals surface area (Å²) in [5, 5.41) is 0. The van der Waals surface area contributed by atoms with E-state index in [0.717, 1.165) is 0 Å². The number of benzene rings is 2. The highest BCUT2D eigenvalue weighted by atomic mass is 32.2. The molecule has 1 saturated heterocycles. The van der Waals surface area contributed by atoms with Crippen molar-refractivity contribution in [1.82, 2.24) is 4.31 Å². The van der Waals surface area contributed by atoms with Gasteiger partial charge >= 0.3 is 0 Å². The van der Waals surface area contributed by atoms with Crippen LogP contribution in [0, 0.1) is 5.92 Å². The molecule has 1 fully saturated rings. The fourth-order valence-electron chi connectivity index (χ4n) is 3.32. The fraction of sp³-hybridized carbons (Fsp3) is 0.350. The second kappa shape index (κ2) is 8.10. The average Bonchev–Trinajstić information content (AvgIpc) is 2.73. The van der Waals surface area contributed by atoms with Crippen LogP contribution in [0.1, 0.15) is 23.2 Å². The molecule has 2 aromatic rings. The maximum absolute atomic E-state index is 13.1. The highest BCUT2D eigenvalue weighted by molar-refractivity contribution is 7.89. The first-order chi connectivity index (χ1) is 13.0. The lowest BCUT2D eigenvalue weighted by atomic mass is 9.90. The Hall–Kier alpha value is -2.38. The predicted molar refractivity (Wildman–Crippen MR) is 102 cm³/mol. The Morgan fingerprint density at radius 1 is 1.00 bits per heavy atom. The van der Waals surface area contributed by atoms with Gasteiger partial charge in [-0.3, -0.25) is 4.79 Å². The number of hydrogen-bond acceptors (Lipinski definition) is 5. The van der Waals surface area contributed by atoms with Crippen molar-refractivity contribution in [2.45, 2.75) is 17.7 Å². The first-order valence-corrected chi connectivity index (χ1v) is 10.2. The van der Waals surface area contributed by atoms with E-state index in [9.17, 15) is 13.2 Å². The van der Waals surface area contributed by atoms with Gasteiger partial charge in [0, 0.05) is 30.6 Å². The van der Waals surface area contributed by atoms with Gasteiger partial charge in [-0.1, -0.05) is 30.3 Å². The van der Waals surface area contributed by atoms with Crippen LogP contribution in [0.5, 0.6) is 11.5 Å². The average molecular weight is 389 g/mol. The van der Waals surface area contributed by atoms with E-state index in [4.69, 9.17) is 9.47 Å². The van der Waals surface area contributed by atoms with Crippen LogP contribution in [0.15, 0.2) is 53.4 Å². The molecule has 6 nitrogen and oxygen atoms in total. The van der Waals surface area contributed by atoms with E-state index in [1.165, 1.54) is 24.6 Å². The molecule has 1 aliphatic heterocycles. The molecule has 0 aliphatic carbocycles. The molecule has 0 amide bonds. The molecule has 1 aliphatic rings. The summed E-state index contributed by atoms with van der Waals surface area (Å²) in [5.41, 5.74) is 0.674. The standard InChI is InChI=1S/C20H23NO5S/c1-25-17-8-9-18(26-2)19(14-17)27(23,24)21-12-10-16(11-13-21)20(22)15-6-4-3-5-7-15/h3-9,14,16H,10-13H2,1-2H3. The summed E-state index contributed by atoms with van der Waals surface area (Å²) in [5.74, 6) is 0.638. The highest BCUT2D eigenvalue weighted by Gasteiger charge is 2.34. The first-order valence-electron chi connectivity index (χ1n) is 8.79. The van der Waals surface area contributed by atoms with Gasteiger partial charge in [0.05, 0.1) is 14.2 Å². The van der Waals surface area contributed by atoms with E-state index in [0.29, 0.717) is 37.2 Å². The zero-order valence-corrected chi connectivity index (χ0v) is 16.2. The minimum atomic E-state index is -3.73. The van der Waals surface area contributed by atoms with Gasteiger partial charge in [-0.05, 0) is 25.0 Å². The molecule has 0 atom stereocenters. The second-order valence-corrected chi connectivity index (χ2v) is 8.33. The number of ether oxygens (including phenoxy) is 2. The molecule has 0 bridgehead atoms. The summed E-state index contributed by atoms with van der Waals surface area (Å²) in [7, 11) is -0.813. The summed E-state index contributed by atoms with van der Waals surface area (Å²) in [6.45, 7) is 0.595. The largest absolute Gasteiger partial charge is 0.497 e. The maximum Gasteiger partial charge on any atom is 0.246 e. The van der Waals surface area contributed by atoms with Crippen molar-refractivity contribution in [1.29, 1.82) is 0 Å². The van der Waals surface area contributed by atoms with Crippen molar-refractivity contribution in [3.63, 3.8) is 0 Å². The highest BCUT2D eigenvalue weighted by Crippen LogP contribution is 2.33. The lowest BCUT2D eigenvalue weighted by molar-refractivity contribution is 0.0875. The number of carbonyl (C=O) groups excluding carboxylic acids is 1. The molecule has 2 aromatic carbocycles. The summed E-state index contributed by atoms with van der Waals surface area (Å²) >= 11 is 0. The van der Waals surface area contributed by atoms with E-state index in [-0.39, 0.29) is 22.3 Å². The van der Waals surface area contributed by atoms with Crippen LogP contribution in [0.2, 0.25) is 0 Å². The molecule has 1 heterocycles. The predicted octanol–water partition coefficient (Wildman–Crippen LogP) is 2.99. The number of nitrogens with zero attached hydrogens (tertiary/aromatic N) is 1. The Bertz CT molecular complexity index is 903. The molecular weight excluding hydrogens is 366 g/mol. The molecule has 144 valence electrons. The molecule has 27 heavy (non-hydrogen) atoms. The smallest absolute Gasteiger partial charge is 0.246 e. The van der Waals surface area contributed by atoms with Gasteiger partial charge in [0.2, 0.25) is 10.0 Å². The lowest BCUT2D eigenvalue weighted by Gasteiger charge is -2.31. The fourth-order valence-corrected chi connectivity index (χ4v) is 4.96. The molecule has 3 rings (SSSR count). The topological polar surface area (TPSA) is 72.9 Å². The second-order valence-electron chi connectivity index (χ2n) is 6.43. The number of rotatable bonds is 6. The van der Waals surface area contributed by atoms with Crippen molar-refractivity contribution in [3.8, 4) is 11.5 Å². The Morgan fingerprint density at radius 2 is 1.67 bits per heavy atom. The number of Topliss-reactive ketones (excluding diaryl/α,β-unsaturated/α-hetero) is 1. The van der Waals surface area contributed by atoms with E-state index in [1.54, 1.807) is 24.3 Å². The molecule has 0 aromatic heterocycles. The maximum atomic E-state index is 13.1. The third-order valence-corrected chi connectivity index (χ3v) is 6.79. The molecule has 0 saturated carbocycles. The van der Waals surface area contributed by atoms with Crippen molar-refractivity contribution in [2.75, 3.05) is 27.3 Å². The quantitative estimate of drug-likeness (QED) is 0.710. The number of hydrogen-bond donors (Lipinski definition) is 0. The van der Waals surface area contributed by atoms with E-state index in [1.807, 2.05) is 18.2 Å². The van der Waals surface area contributed by atoms with E-state index >= 15 is 0 Å². The molecular formula is C20H23NO5S. The summed E-state index contributed by atoms with van der Waals surface area (Å²) in [6.07, 6.45) is 0.998. The van der Waals surface area contributed by atoms with Gasteiger partial charge < -0.3 is 9.47 Å². The lowest BCUT2D eigenvalue weighted by Crippen LogP contribution is -2.40. The molecule has 0 radical (unpaired) electrons. The van der Waals surface area contributed by atoms with Crippen LogP contribution in [-0.2, 0) is 10.0 Å². The van der Waals surface area contributed by atoms with E-state index < -0.39 is 10.0 Å². The number of carbonyl (C=O) groups is 1. The molecule has 0 N–H and O–H groups in total. The Morgan fingerprint density at radius 3 is 2.26 bits per heavy atom. The minimum absolute atomic E-state index is 0.0756. The first kappa shape index (κ1) is 19.4. The van der Waals surface area contributed by atoms with Crippen molar-refractivity contribution >= 4 is 15.8 Å². The summed E-state index contributed by atoms with van der Waals surface area (Å²) in [4.78, 5) is 12.7. The third-order valence-electron chi connectivity index (χ3n) is 4.87. The van der Waals surface area contributed by atoms with E-state index in [2.05, 4.69) is 0 Å². The van der Waals surface area contributed by atoms with Gasteiger partial charge in [-0.2, -0.15) is 4.31 Å². The van der Waals surface area contributed by atoms with Crippen molar-refractivity contribution < 1.29 is 22.7 Å². The number of methoxy groups -OCH3 is 2. The van der Waals surface area contributed by atoms with Gasteiger partial charge in [-0.25, -0.2) is 8.42 Å². The van der Waals surface area contributed by atoms with Crippen LogP contribution >= 0.6 is 0 Å². The van der Waals surface area contributed by atoms with Gasteiger partial charge in [0.25, 0.3) is 0 Å². The van der Waals surface area contributed by atoms with Gasteiger partial charge in [0.1, 0.15) is 16.4 Å². The summed E-state index contributed by atoms with van der Waals surface area (Å²) < 4.78 is 38.0. The molecule has 0 spiro atoms.